The van der Waals surface area contributed by atoms with Crippen LogP contribution in [-0.2, 0) is 4.79 Å². The van der Waals surface area contributed by atoms with Crippen LogP contribution in [0.3, 0.4) is 0 Å². The number of benzene rings is 1. The minimum absolute atomic E-state index is 0.200. The van der Waals surface area contributed by atoms with Crippen LogP contribution in [0.4, 0.5) is 5.82 Å². The van der Waals surface area contributed by atoms with Crippen LogP contribution >= 0.6 is 0 Å². The lowest BCUT2D eigenvalue weighted by atomic mass is 10.1. The van der Waals surface area contributed by atoms with E-state index in [1.54, 1.807) is 24.7 Å². The number of carbonyl (C=O) groups is 1. The molecule has 0 atom stereocenters. The molecule has 0 aliphatic heterocycles. The molecule has 7 heteroatoms. The third-order valence-corrected chi connectivity index (χ3v) is 5.70. The molecule has 3 aromatic heterocycles. The van der Waals surface area contributed by atoms with Crippen LogP contribution in [-0.4, -0.2) is 30.5 Å². The van der Waals surface area contributed by atoms with E-state index in [-0.39, 0.29) is 5.91 Å². The lowest BCUT2D eigenvalue weighted by Crippen LogP contribution is -2.15. The van der Waals surface area contributed by atoms with E-state index < -0.39 is 0 Å². The predicted octanol–water partition coefficient (Wildman–Crippen LogP) is 4.90. The average molecular weight is 425 g/mol. The Hall–Kier alpha value is -4.00. The van der Waals surface area contributed by atoms with E-state index in [2.05, 4.69) is 15.4 Å². The fraction of sp³-hybridized carbons (Fsp3) is 0.200. The molecule has 1 aromatic carbocycles. The van der Waals surface area contributed by atoms with E-state index in [1.165, 1.54) is 18.9 Å². The fourth-order valence-corrected chi connectivity index (χ4v) is 4.14. The first kappa shape index (κ1) is 19.9. The maximum atomic E-state index is 12.7. The maximum absolute atomic E-state index is 12.7. The van der Waals surface area contributed by atoms with Crippen LogP contribution in [0.2, 0.25) is 0 Å². The minimum Gasteiger partial charge on any atom is -0.307 e. The minimum atomic E-state index is -0.200. The van der Waals surface area contributed by atoms with Gasteiger partial charge in [-0.05, 0) is 43.2 Å². The number of nitrogens with zero attached hydrogens (tertiary/aromatic N) is 5. The largest absolute Gasteiger partial charge is 0.307 e. The second-order valence-corrected chi connectivity index (χ2v) is 7.88. The first-order chi connectivity index (χ1) is 15.8. The van der Waals surface area contributed by atoms with Gasteiger partial charge in [-0.15, -0.1) is 0 Å². The van der Waals surface area contributed by atoms with Crippen LogP contribution in [0.15, 0.2) is 79.4 Å². The molecule has 1 N–H and O–H groups in total. The lowest BCUT2D eigenvalue weighted by molar-refractivity contribution is -0.111. The molecule has 32 heavy (non-hydrogen) atoms. The second-order valence-electron chi connectivity index (χ2n) is 7.88. The SMILES string of the molecule is O=C(/C=C/c1cn(-c2ccccc2)nc1-c1cccnc1)Nc1ccnn1C1CCCC1. The van der Waals surface area contributed by atoms with Crippen molar-refractivity contribution in [2.45, 2.75) is 31.7 Å². The van der Waals surface area contributed by atoms with Gasteiger partial charge >= 0.3 is 0 Å². The molecule has 1 aliphatic rings. The van der Waals surface area contributed by atoms with Gasteiger partial charge in [0.15, 0.2) is 0 Å². The van der Waals surface area contributed by atoms with Gasteiger partial charge in [-0.1, -0.05) is 31.0 Å². The second kappa shape index (κ2) is 9.01. The lowest BCUT2D eigenvalue weighted by Gasteiger charge is -2.13. The van der Waals surface area contributed by atoms with Gasteiger partial charge in [0.05, 0.1) is 17.9 Å². The molecular weight excluding hydrogens is 400 g/mol. The van der Waals surface area contributed by atoms with Crippen LogP contribution in [0.1, 0.15) is 37.3 Å². The number of para-hydroxylation sites is 1. The molecule has 0 saturated heterocycles. The summed E-state index contributed by atoms with van der Waals surface area (Å²) in [5.41, 5.74) is 3.44. The molecule has 5 rings (SSSR count). The molecule has 0 radical (unpaired) electrons. The summed E-state index contributed by atoms with van der Waals surface area (Å²) in [7, 11) is 0. The highest BCUT2D eigenvalue weighted by molar-refractivity contribution is 6.01. The van der Waals surface area contributed by atoms with Crippen molar-refractivity contribution in [1.82, 2.24) is 24.5 Å². The molecule has 3 heterocycles. The molecule has 0 spiro atoms. The summed E-state index contributed by atoms with van der Waals surface area (Å²) in [4.78, 5) is 16.9. The topological polar surface area (TPSA) is 77.6 Å². The van der Waals surface area contributed by atoms with Crippen LogP contribution in [0.5, 0.6) is 0 Å². The van der Waals surface area contributed by atoms with E-state index >= 15 is 0 Å². The molecule has 1 amide bonds. The van der Waals surface area contributed by atoms with E-state index in [9.17, 15) is 4.79 Å². The number of pyridine rings is 1. The summed E-state index contributed by atoms with van der Waals surface area (Å²) >= 11 is 0. The first-order valence-electron chi connectivity index (χ1n) is 10.9. The monoisotopic (exact) mass is 424 g/mol. The van der Waals surface area contributed by atoms with Crippen molar-refractivity contribution in [2.24, 2.45) is 0 Å². The number of nitrogens with one attached hydrogen (secondary N) is 1. The quantitative estimate of drug-likeness (QED) is 0.447. The van der Waals surface area contributed by atoms with Gasteiger partial charge in [-0.3, -0.25) is 9.78 Å². The Morgan fingerprint density at radius 3 is 2.66 bits per heavy atom. The molecule has 1 fully saturated rings. The summed E-state index contributed by atoms with van der Waals surface area (Å²) in [6, 6.07) is 15.9. The van der Waals surface area contributed by atoms with Gasteiger partial charge in [-0.25, -0.2) is 9.36 Å². The summed E-state index contributed by atoms with van der Waals surface area (Å²) in [5.74, 6) is 0.536. The van der Waals surface area contributed by atoms with E-state index in [0.717, 1.165) is 41.2 Å². The molecular formula is C25H24N6O. The van der Waals surface area contributed by atoms with Crippen LogP contribution in [0, 0.1) is 0 Å². The van der Waals surface area contributed by atoms with Gasteiger partial charge in [0, 0.05) is 41.9 Å². The standard InChI is InChI=1S/C25H24N6O/c32-24(28-23-14-16-27-31(23)22-10-4-5-11-22)13-12-20-18-30(21-8-2-1-3-9-21)29-25(20)19-7-6-15-26-17-19/h1-3,6-9,12-18,22H,4-5,10-11H2,(H,28,32)/b13-12+. The van der Waals surface area contributed by atoms with Crippen molar-refractivity contribution in [3.8, 4) is 16.9 Å². The molecule has 4 aromatic rings. The summed E-state index contributed by atoms with van der Waals surface area (Å²) in [5, 5.41) is 12.1. The van der Waals surface area contributed by atoms with Gasteiger partial charge in [0.2, 0.25) is 5.91 Å². The molecule has 1 aliphatic carbocycles. The van der Waals surface area contributed by atoms with Gasteiger partial charge in [-0.2, -0.15) is 10.2 Å². The number of rotatable bonds is 6. The Labute approximate surface area is 186 Å². The number of amides is 1. The van der Waals surface area contributed by atoms with Crippen molar-refractivity contribution in [3.05, 3.63) is 85.0 Å². The van der Waals surface area contributed by atoms with Gasteiger partial charge < -0.3 is 5.32 Å². The summed E-state index contributed by atoms with van der Waals surface area (Å²) in [6.45, 7) is 0. The first-order valence-corrected chi connectivity index (χ1v) is 10.9. The molecule has 1 saturated carbocycles. The zero-order valence-corrected chi connectivity index (χ0v) is 17.6. The number of hydrogen-bond donors (Lipinski definition) is 1. The van der Waals surface area contributed by atoms with Crippen LogP contribution in [0.25, 0.3) is 23.0 Å². The molecule has 7 nitrogen and oxygen atoms in total. The smallest absolute Gasteiger partial charge is 0.249 e. The Bertz CT molecular complexity index is 1220. The Kier molecular flexibility index (Phi) is 5.61. The molecule has 160 valence electrons. The van der Waals surface area contributed by atoms with Crippen molar-refractivity contribution in [1.29, 1.82) is 0 Å². The van der Waals surface area contributed by atoms with Crippen molar-refractivity contribution >= 4 is 17.8 Å². The number of hydrogen-bond acceptors (Lipinski definition) is 4. The third-order valence-electron chi connectivity index (χ3n) is 5.70. The highest BCUT2D eigenvalue weighted by atomic mass is 16.1. The van der Waals surface area contributed by atoms with Crippen molar-refractivity contribution in [3.63, 3.8) is 0 Å². The number of carbonyl (C=O) groups excluding carboxylic acids is 1. The van der Waals surface area contributed by atoms with Crippen molar-refractivity contribution in [2.75, 3.05) is 5.32 Å². The third kappa shape index (κ3) is 4.23. The predicted molar refractivity (Wildman–Crippen MR) is 124 cm³/mol. The van der Waals surface area contributed by atoms with Crippen molar-refractivity contribution < 1.29 is 4.79 Å². The number of anilines is 1. The molecule has 0 bridgehead atoms. The Morgan fingerprint density at radius 2 is 1.88 bits per heavy atom. The average Bonchev–Trinajstić information content (AvgIpc) is 3.59. The summed E-state index contributed by atoms with van der Waals surface area (Å²) < 4.78 is 3.75. The van der Waals surface area contributed by atoms with E-state index in [0.29, 0.717) is 6.04 Å². The highest BCUT2D eigenvalue weighted by Crippen LogP contribution is 2.31. The zero-order chi connectivity index (χ0) is 21.8. The number of aromatic nitrogens is 5. The Morgan fingerprint density at radius 1 is 1.03 bits per heavy atom. The molecule has 0 unspecified atom stereocenters. The van der Waals surface area contributed by atoms with Gasteiger partial charge in [0.1, 0.15) is 11.5 Å². The Balaban J connectivity index is 1.40. The van der Waals surface area contributed by atoms with Crippen LogP contribution < -0.4 is 5.32 Å². The maximum Gasteiger partial charge on any atom is 0.249 e. The fourth-order valence-electron chi connectivity index (χ4n) is 4.14. The van der Waals surface area contributed by atoms with E-state index in [1.807, 2.05) is 64.1 Å². The van der Waals surface area contributed by atoms with Gasteiger partial charge in [0.25, 0.3) is 0 Å². The highest BCUT2D eigenvalue weighted by Gasteiger charge is 2.20. The summed E-state index contributed by atoms with van der Waals surface area (Å²) in [6.07, 6.45) is 15.1. The zero-order valence-electron chi connectivity index (χ0n) is 17.6. The van der Waals surface area contributed by atoms with E-state index in [4.69, 9.17) is 5.10 Å². The normalized spacial score (nSPS) is 14.2.